The van der Waals surface area contributed by atoms with Gasteiger partial charge in [-0.05, 0) is 31.2 Å². The molecule has 0 saturated heterocycles. The maximum atomic E-state index is 12.0. The number of aromatic nitrogens is 2. The molecule has 5 heteroatoms. The Kier molecular flexibility index (Phi) is 4.18. The fraction of sp³-hybridized carbons (Fsp3) is 0.286. The molecule has 1 amide bonds. The van der Waals surface area contributed by atoms with Crippen LogP contribution in [0.1, 0.15) is 17.3 Å². The molecule has 2 aromatic rings. The molecule has 0 fully saturated rings. The highest BCUT2D eigenvalue weighted by Gasteiger charge is 2.09. The quantitative estimate of drug-likeness (QED) is 0.859. The summed E-state index contributed by atoms with van der Waals surface area (Å²) in [6.07, 6.45) is 5.35. The van der Waals surface area contributed by atoms with Crippen molar-refractivity contribution in [2.24, 2.45) is 0 Å². The summed E-state index contributed by atoms with van der Waals surface area (Å²) in [6.45, 7) is 2.68. The van der Waals surface area contributed by atoms with Crippen LogP contribution < -0.4 is 10.6 Å². The van der Waals surface area contributed by atoms with Gasteiger partial charge in [-0.3, -0.25) is 4.79 Å². The summed E-state index contributed by atoms with van der Waals surface area (Å²) in [5.74, 6) is -0.0599. The predicted octanol–water partition coefficient (Wildman–Crippen LogP) is 1.74. The molecule has 1 aromatic carbocycles. The van der Waals surface area contributed by atoms with Gasteiger partial charge < -0.3 is 15.2 Å². The molecule has 0 spiro atoms. The summed E-state index contributed by atoms with van der Waals surface area (Å²) in [6, 6.07) is 7.44. The minimum atomic E-state index is -0.0599. The minimum Gasteiger partial charge on any atom is -0.388 e. The smallest absolute Gasteiger partial charge is 0.251 e. The molecule has 19 heavy (non-hydrogen) atoms. The van der Waals surface area contributed by atoms with Gasteiger partial charge >= 0.3 is 0 Å². The largest absolute Gasteiger partial charge is 0.388 e. The van der Waals surface area contributed by atoms with Gasteiger partial charge in [-0.1, -0.05) is 0 Å². The van der Waals surface area contributed by atoms with Crippen LogP contribution in [-0.2, 0) is 6.54 Å². The molecule has 5 nitrogen and oxygen atoms in total. The number of hydrogen-bond donors (Lipinski definition) is 2. The van der Waals surface area contributed by atoms with Crippen molar-refractivity contribution in [3.63, 3.8) is 0 Å². The Morgan fingerprint density at radius 3 is 2.68 bits per heavy atom. The van der Waals surface area contributed by atoms with E-state index in [1.807, 2.05) is 49.0 Å². The van der Waals surface area contributed by atoms with Crippen molar-refractivity contribution >= 4 is 11.6 Å². The summed E-state index contributed by atoms with van der Waals surface area (Å²) in [5.41, 5.74) is 1.65. The second kappa shape index (κ2) is 6.04. The average molecular weight is 258 g/mol. The SMILES string of the molecule is CNc1ccc(C(=O)NC(C)Cn2ccnc2)cc1. The highest BCUT2D eigenvalue weighted by Crippen LogP contribution is 2.08. The van der Waals surface area contributed by atoms with E-state index in [2.05, 4.69) is 15.6 Å². The van der Waals surface area contributed by atoms with E-state index < -0.39 is 0 Å². The van der Waals surface area contributed by atoms with Crippen molar-refractivity contribution < 1.29 is 4.79 Å². The summed E-state index contributed by atoms with van der Waals surface area (Å²) in [5, 5.41) is 5.99. The van der Waals surface area contributed by atoms with Crippen LogP contribution in [0.3, 0.4) is 0 Å². The molecule has 1 aromatic heterocycles. The molecule has 0 aliphatic carbocycles. The van der Waals surface area contributed by atoms with Crippen molar-refractivity contribution in [2.45, 2.75) is 19.5 Å². The fourth-order valence-corrected chi connectivity index (χ4v) is 1.85. The van der Waals surface area contributed by atoms with Gasteiger partial charge in [-0.15, -0.1) is 0 Å². The number of carbonyl (C=O) groups excluding carboxylic acids is 1. The molecule has 0 bridgehead atoms. The zero-order chi connectivity index (χ0) is 13.7. The van der Waals surface area contributed by atoms with Crippen LogP contribution in [0.5, 0.6) is 0 Å². The maximum absolute atomic E-state index is 12.0. The lowest BCUT2D eigenvalue weighted by Crippen LogP contribution is -2.35. The van der Waals surface area contributed by atoms with E-state index in [4.69, 9.17) is 0 Å². The Morgan fingerprint density at radius 1 is 1.37 bits per heavy atom. The summed E-state index contributed by atoms with van der Waals surface area (Å²) in [4.78, 5) is 16.0. The average Bonchev–Trinajstić information content (AvgIpc) is 2.91. The number of carbonyl (C=O) groups is 1. The van der Waals surface area contributed by atoms with Gasteiger partial charge in [-0.25, -0.2) is 4.98 Å². The number of anilines is 1. The van der Waals surface area contributed by atoms with Crippen molar-refractivity contribution in [1.82, 2.24) is 14.9 Å². The van der Waals surface area contributed by atoms with E-state index in [0.717, 1.165) is 5.69 Å². The Balaban J connectivity index is 1.92. The molecule has 2 N–H and O–H groups in total. The van der Waals surface area contributed by atoms with Gasteiger partial charge in [0.15, 0.2) is 0 Å². The Morgan fingerprint density at radius 2 is 2.11 bits per heavy atom. The first kappa shape index (κ1) is 13.1. The molecular weight excluding hydrogens is 240 g/mol. The summed E-state index contributed by atoms with van der Waals surface area (Å²) >= 11 is 0. The molecule has 1 atom stereocenters. The lowest BCUT2D eigenvalue weighted by molar-refractivity contribution is 0.0936. The van der Waals surface area contributed by atoms with Gasteiger partial charge in [0, 0.05) is 43.3 Å². The number of imidazole rings is 1. The number of nitrogens with one attached hydrogen (secondary N) is 2. The molecule has 100 valence electrons. The molecule has 0 saturated carbocycles. The van der Waals surface area contributed by atoms with Crippen LogP contribution in [-0.4, -0.2) is 28.5 Å². The lowest BCUT2D eigenvalue weighted by Gasteiger charge is -2.14. The van der Waals surface area contributed by atoms with E-state index >= 15 is 0 Å². The van der Waals surface area contributed by atoms with Crippen molar-refractivity contribution in [2.75, 3.05) is 12.4 Å². The zero-order valence-electron chi connectivity index (χ0n) is 11.1. The van der Waals surface area contributed by atoms with E-state index in [9.17, 15) is 4.79 Å². The third-order valence-electron chi connectivity index (χ3n) is 2.86. The second-order valence-corrected chi connectivity index (χ2v) is 4.46. The summed E-state index contributed by atoms with van der Waals surface area (Å²) in [7, 11) is 1.85. The van der Waals surface area contributed by atoms with Gasteiger partial charge in [0.05, 0.1) is 6.33 Å². The maximum Gasteiger partial charge on any atom is 0.251 e. The first-order valence-corrected chi connectivity index (χ1v) is 6.23. The topological polar surface area (TPSA) is 59.0 Å². The van der Waals surface area contributed by atoms with E-state index in [-0.39, 0.29) is 11.9 Å². The van der Waals surface area contributed by atoms with Gasteiger partial charge in [0.25, 0.3) is 5.91 Å². The Bertz CT molecular complexity index is 519. The lowest BCUT2D eigenvalue weighted by atomic mass is 10.2. The van der Waals surface area contributed by atoms with E-state index in [1.54, 1.807) is 12.5 Å². The molecule has 1 unspecified atom stereocenters. The van der Waals surface area contributed by atoms with Crippen LogP contribution in [0.2, 0.25) is 0 Å². The number of nitrogens with zero attached hydrogens (tertiary/aromatic N) is 2. The first-order valence-electron chi connectivity index (χ1n) is 6.23. The van der Waals surface area contributed by atoms with Crippen LogP contribution >= 0.6 is 0 Å². The zero-order valence-corrected chi connectivity index (χ0v) is 11.1. The predicted molar refractivity (Wildman–Crippen MR) is 75.1 cm³/mol. The highest BCUT2D eigenvalue weighted by atomic mass is 16.1. The Hall–Kier alpha value is -2.30. The highest BCUT2D eigenvalue weighted by molar-refractivity contribution is 5.94. The van der Waals surface area contributed by atoms with Gasteiger partial charge in [0.2, 0.25) is 0 Å². The minimum absolute atomic E-state index is 0.0469. The van der Waals surface area contributed by atoms with Crippen molar-refractivity contribution in [3.8, 4) is 0 Å². The van der Waals surface area contributed by atoms with Crippen LogP contribution in [0.15, 0.2) is 43.0 Å². The Labute approximate surface area is 112 Å². The number of amides is 1. The van der Waals surface area contributed by atoms with E-state index in [1.165, 1.54) is 0 Å². The third kappa shape index (κ3) is 3.58. The molecule has 2 rings (SSSR count). The van der Waals surface area contributed by atoms with Crippen molar-refractivity contribution in [1.29, 1.82) is 0 Å². The molecular formula is C14H18N4O. The normalized spacial score (nSPS) is 11.9. The number of rotatable bonds is 5. The number of hydrogen-bond acceptors (Lipinski definition) is 3. The molecule has 0 aliphatic rings. The van der Waals surface area contributed by atoms with Crippen LogP contribution in [0, 0.1) is 0 Å². The third-order valence-corrected chi connectivity index (χ3v) is 2.86. The van der Waals surface area contributed by atoms with Crippen LogP contribution in [0.25, 0.3) is 0 Å². The van der Waals surface area contributed by atoms with Gasteiger partial charge in [0.1, 0.15) is 0 Å². The van der Waals surface area contributed by atoms with Crippen LogP contribution in [0.4, 0.5) is 5.69 Å². The second-order valence-electron chi connectivity index (χ2n) is 4.46. The molecule has 0 aliphatic heterocycles. The monoisotopic (exact) mass is 258 g/mol. The number of benzene rings is 1. The summed E-state index contributed by atoms with van der Waals surface area (Å²) < 4.78 is 1.94. The molecule has 0 radical (unpaired) electrons. The standard InChI is InChI=1S/C14H18N4O/c1-11(9-18-8-7-16-10-18)17-14(19)12-3-5-13(15-2)6-4-12/h3-8,10-11,15H,9H2,1-2H3,(H,17,19). The van der Waals surface area contributed by atoms with Crippen molar-refractivity contribution in [3.05, 3.63) is 48.5 Å². The van der Waals surface area contributed by atoms with E-state index in [0.29, 0.717) is 12.1 Å². The van der Waals surface area contributed by atoms with Gasteiger partial charge in [-0.2, -0.15) is 0 Å². The molecule has 1 heterocycles. The fourth-order valence-electron chi connectivity index (χ4n) is 1.85. The first-order chi connectivity index (χ1) is 9.19.